The zero-order chi connectivity index (χ0) is 37.3. The summed E-state index contributed by atoms with van der Waals surface area (Å²) >= 11 is 0. The lowest BCUT2D eigenvalue weighted by molar-refractivity contribution is -0.898. The van der Waals surface area contributed by atoms with Gasteiger partial charge >= 0.3 is 23.2 Å². The average molecular weight is 723 g/mol. The van der Waals surface area contributed by atoms with E-state index in [1.807, 2.05) is 42.1 Å². The topological polar surface area (TPSA) is 169 Å². The number of pyridine rings is 1. The van der Waals surface area contributed by atoms with Crippen LogP contribution in [-0.2, 0) is 10.7 Å². The van der Waals surface area contributed by atoms with Crippen molar-refractivity contribution in [1.82, 2.24) is 34.2 Å². The number of aliphatic hydroxyl groups is 2. The highest BCUT2D eigenvalue weighted by Crippen LogP contribution is 2.50. The first-order valence-electron chi connectivity index (χ1n) is 17.8. The van der Waals surface area contributed by atoms with Crippen LogP contribution in [0.1, 0.15) is 65.8 Å². The van der Waals surface area contributed by atoms with Gasteiger partial charge in [-0.1, -0.05) is 19.1 Å². The quantitative estimate of drug-likeness (QED) is 0.124. The lowest BCUT2D eigenvalue weighted by atomic mass is 9.91. The van der Waals surface area contributed by atoms with E-state index in [1.165, 1.54) is 23.0 Å². The standard InChI is InChI=1S/C37H43N11O5/c1-7-27-34-25(18-38-46(34)23-19-45(20-23)37(51,52)29-13-9-12-28(48(29)53-6)36(50)43(3)4)24-10-8-11-26(33(24)44(27)5)39-32-17-30(41-35(49)22-14-15-22)40-31-16-21(2)42-47(31)32/h8-13,16-18,22-23,27,51-52H,7,14-15,19-20H2,1-6H3,(H-,39,40,41,42,49)/p+1. The molecule has 0 radical (unpaired) electrons. The molecule has 16 nitrogen and oxygen atoms in total. The fourth-order valence-corrected chi connectivity index (χ4v) is 7.56. The zero-order valence-electron chi connectivity index (χ0n) is 30.6. The maximum Gasteiger partial charge on any atom is 0.323 e. The van der Waals surface area contributed by atoms with Gasteiger partial charge in [0.15, 0.2) is 5.65 Å². The van der Waals surface area contributed by atoms with Gasteiger partial charge in [0.1, 0.15) is 18.7 Å². The Morgan fingerprint density at radius 1 is 1.09 bits per heavy atom. The first kappa shape index (κ1) is 34.5. The Morgan fingerprint density at radius 3 is 2.55 bits per heavy atom. The molecule has 6 heterocycles. The molecule has 0 bridgehead atoms. The molecule has 16 heteroatoms. The molecular formula is C37H44N11O5+. The maximum atomic E-state index is 12.8. The summed E-state index contributed by atoms with van der Waals surface area (Å²) in [5, 5.41) is 39.1. The van der Waals surface area contributed by atoms with Crippen LogP contribution in [0.4, 0.5) is 23.0 Å². The van der Waals surface area contributed by atoms with Gasteiger partial charge in [-0.25, -0.2) is 9.88 Å². The summed E-state index contributed by atoms with van der Waals surface area (Å²) in [5.74, 6) is -1.58. The summed E-state index contributed by atoms with van der Waals surface area (Å²) in [6.45, 7) is 4.65. The van der Waals surface area contributed by atoms with Gasteiger partial charge in [0.2, 0.25) is 5.91 Å². The predicted octanol–water partition coefficient (Wildman–Crippen LogP) is 2.59. The van der Waals surface area contributed by atoms with E-state index in [0.29, 0.717) is 30.4 Å². The molecule has 2 amide bonds. The van der Waals surface area contributed by atoms with Crippen LogP contribution in [0.2, 0.25) is 0 Å². The molecule has 2 aliphatic heterocycles. The third-order valence-electron chi connectivity index (χ3n) is 10.4. The monoisotopic (exact) mass is 722 g/mol. The number of nitrogens with one attached hydrogen (secondary N) is 2. The number of para-hydroxylation sites is 1. The largest absolute Gasteiger partial charge is 0.364 e. The van der Waals surface area contributed by atoms with Gasteiger partial charge in [-0.3, -0.25) is 19.1 Å². The smallest absolute Gasteiger partial charge is 0.323 e. The molecule has 1 aliphatic carbocycles. The van der Waals surface area contributed by atoms with Crippen LogP contribution in [0, 0.1) is 12.8 Å². The van der Waals surface area contributed by atoms with Crippen LogP contribution in [0.3, 0.4) is 0 Å². The number of nitrogens with zero attached hydrogens (tertiary/aromatic N) is 9. The van der Waals surface area contributed by atoms with Crippen molar-refractivity contribution in [2.75, 3.05) is 56.9 Å². The lowest BCUT2D eigenvalue weighted by Crippen LogP contribution is -2.64. The molecular weight excluding hydrogens is 678 g/mol. The van der Waals surface area contributed by atoms with Gasteiger partial charge < -0.3 is 30.6 Å². The Morgan fingerprint density at radius 2 is 1.85 bits per heavy atom. The first-order chi connectivity index (χ1) is 25.4. The fraction of sp³-hybridized carbons (Fsp3) is 0.405. The van der Waals surface area contributed by atoms with Crippen molar-refractivity contribution in [2.24, 2.45) is 5.92 Å². The van der Waals surface area contributed by atoms with E-state index in [4.69, 9.17) is 9.94 Å². The summed E-state index contributed by atoms with van der Waals surface area (Å²) in [6, 6.07) is 14.3. The third-order valence-corrected chi connectivity index (χ3v) is 10.4. The molecule has 1 unspecified atom stereocenters. The van der Waals surface area contributed by atoms with Gasteiger partial charge in [-0.2, -0.15) is 14.7 Å². The molecule has 53 heavy (non-hydrogen) atoms. The van der Waals surface area contributed by atoms with Crippen LogP contribution >= 0.6 is 0 Å². The van der Waals surface area contributed by atoms with Crippen molar-refractivity contribution in [1.29, 1.82) is 0 Å². The Kier molecular flexibility index (Phi) is 8.35. The summed E-state index contributed by atoms with van der Waals surface area (Å²) in [4.78, 5) is 40.8. The van der Waals surface area contributed by atoms with E-state index in [1.54, 1.807) is 30.7 Å². The number of benzene rings is 1. The van der Waals surface area contributed by atoms with Crippen LogP contribution < -0.4 is 25.1 Å². The number of rotatable bonds is 10. The van der Waals surface area contributed by atoms with Crippen molar-refractivity contribution in [2.45, 2.75) is 51.1 Å². The summed E-state index contributed by atoms with van der Waals surface area (Å²) in [7, 11) is 6.69. The van der Waals surface area contributed by atoms with Crippen LogP contribution in [-0.4, -0.2) is 97.5 Å². The normalized spacial score (nSPS) is 17.3. The van der Waals surface area contributed by atoms with Crippen molar-refractivity contribution in [3.63, 3.8) is 0 Å². The Bertz CT molecular complexity index is 2250. The number of carbonyl (C=O) groups excluding carboxylic acids is 2. The number of anilines is 4. The van der Waals surface area contributed by atoms with Gasteiger partial charge in [0, 0.05) is 80.3 Å². The number of hydrogen-bond acceptors (Lipinski definition) is 11. The highest BCUT2D eigenvalue weighted by Gasteiger charge is 2.51. The molecule has 3 aliphatic rings. The van der Waals surface area contributed by atoms with Crippen molar-refractivity contribution < 1.29 is 29.4 Å². The molecule has 276 valence electrons. The Hall–Kier alpha value is -5.58. The number of amides is 2. The molecule has 1 aromatic carbocycles. The molecule has 8 rings (SSSR count). The maximum absolute atomic E-state index is 12.8. The second-order valence-corrected chi connectivity index (χ2v) is 14.3. The minimum atomic E-state index is -2.41. The third kappa shape index (κ3) is 5.73. The Balaban J connectivity index is 1.09. The van der Waals surface area contributed by atoms with Gasteiger partial charge in [0.05, 0.1) is 41.0 Å². The average Bonchev–Trinajstić information content (AvgIpc) is 3.78. The van der Waals surface area contributed by atoms with E-state index in [9.17, 15) is 19.8 Å². The number of likely N-dealkylation sites (tertiary alicyclic amines) is 1. The highest BCUT2D eigenvalue weighted by molar-refractivity contribution is 5.95. The van der Waals surface area contributed by atoms with Gasteiger partial charge in [0.25, 0.3) is 0 Å². The molecule has 2 fully saturated rings. The van der Waals surface area contributed by atoms with Crippen molar-refractivity contribution in [3.05, 3.63) is 77.5 Å². The molecule has 1 saturated heterocycles. The second-order valence-electron chi connectivity index (χ2n) is 14.3. The summed E-state index contributed by atoms with van der Waals surface area (Å²) in [6.07, 6.45) is 4.48. The molecule has 0 spiro atoms. The van der Waals surface area contributed by atoms with E-state index in [0.717, 1.165) is 57.9 Å². The molecule has 4 aromatic heterocycles. The summed E-state index contributed by atoms with van der Waals surface area (Å²) < 4.78 is 4.92. The number of aromatic nitrogens is 6. The zero-order valence-corrected chi connectivity index (χ0v) is 30.6. The Labute approximate surface area is 306 Å². The number of carbonyl (C=O) groups is 2. The van der Waals surface area contributed by atoms with Crippen LogP contribution in [0.5, 0.6) is 0 Å². The second kappa shape index (κ2) is 12.8. The van der Waals surface area contributed by atoms with Crippen molar-refractivity contribution in [3.8, 4) is 11.1 Å². The highest BCUT2D eigenvalue weighted by atomic mass is 16.7. The fourth-order valence-electron chi connectivity index (χ4n) is 7.56. The van der Waals surface area contributed by atoms with Gasteiger partial charge in [-0.05, 0) is 38.3 Å². The number of fused-ring (bicyclic) bond motifs is 4. The SMILES string of the molecule is CCC1c2c(cnn2C2CN(C(O)(O)c3cccc(C(=O)N(C)C)[n+]3OC)C2)-c2cccc(Nc3cc(NC(=O)C4CC4)nc4cc(C)nn34)c2N1C. The lowest BCUT2D eigenvalue weighted by Gasteiger charge is -2.46. The van der Waals surface area contributed by atoms with E-state index < -0.39 is 5.91 Å². The van der Waals surface area contributed by atoms with Crippen molar-refractivity contribution >= 4 is 40.5 Å². The molecule has 5 aromatic rings. The van der Waals surface area contributed by atoms with Crippen LogP contribution in [0.25, 0.3) is 16.8 Å². The first-order valence-corrected chi connectivity index (χ1v) is 17.8. The molecule has 1 saturated carbocycles. The van der Waals surface area contributed by atoms with E-state index >= 15 is 0 Å². The molecule has 4 N–H and O–H groups in total. The minimum absolute atomic E-state index is 0.0150. The molecule has 1 atom stereocenters. The number of hydrogen-bond donors (Lipinski definition) is 4. The number of aryl methyl sites for hydroxylation is 1. The minimum Gasteiger partial charge on any atom is -0.364 e. The van der Waals surface area contributed by atoms with E-state index in [-0.39, 0.29) is 41.2 Å². The van der Waals surface area contributed by atoms with E-state index in [2.05, 4.69) is 45.7 Å². The predicted molar refractivity (Wildman–Crippen MR) is 195 cm³/mol. The van der Waals surface area contributed by atoms with Crippen LogP contribution in [0.15, 0.2) is 54.7 Å². The summed E-state index contributed by atoms with van der Waals surface area (Å²) in [5.41, 5.74) is 6.54. The van der Waals surface area contributed by atoms with Gasteiger partial charge in [-0.15, -0.1) is 0 Å².